The van der Waals surface area contributed by atoms with Gasteiger partial charge in [0, 0.05) is 12.1 Å². The van der Waals surface area contributed by atoms with Crippen molar-refractivity contribution in [2.45, 2.75) is 11.8 Å². The van der Waals surface area contributed by atoms with E-state index >= 15 is 0 Å². The van der Waals surface area contributed by atoms with E-state index in [2.05, 4.69) is 0 Å². The highest BCUT2D eigenvalue weighted by Crippen LogP contribution is 2.34. The molecule has 0 bridgehead atoms. The molecular weight excluding hydrogens is 331 g/mol. The topological polar surface area (TPSA) is 63.4 Å². The van der Waals surface area contributed by atoms with Crippen molar-refractivity contribution in [2.75, 3.05) is 17.1 Å². The molecule has 0 aliphatic heterocycles. The van der Waals surface area contributed by atoms with Crippen molar-refractivity contribution in [3.8, 4) is 0 Å². The first-order valence-electron chi connectivity index (χ1n) is 6.03. The van der Waals surface area contributed by atoms with Crippen molar-refractivity contribution in [3.63, 3.8) is 0 Å². The van der Waals surface area contributed by atoms with Gasteiger partial charge in [0.25, 0.3) is 10.0 Å². The predicted octanol–water partition coefficient (Wildman–Crippen LogP) is 3.71. The molecule has 2 N–H and O–H groups in total. The fourth-order valence-corrected chi connectivity index (χ4v) is 4.08. The standard InChI is InChI=1S/C14H14Cl2N2O2S/c1-9-4-3-5-11(6-9)18(2)21(19,20)14-12(16)7-10(15)8-13(14)17/h3-8H,17H2,1-2H3. The van der Waals surface area contributed by atoms with Gasteiger partial charge in [0.05, 0.1) is 16.4 Å². The summed E-state index contributed by atoms with van der Waals surface area (Å²) in [5.41, 5.74) is 7.28. The van der Waals surface area contributed by atoms with Crippen LogP contribution in [0.25, 0.3) is 0 Å². The number of anilines is 2. The van der Waals surface area contributed by atoms with Crippen LogP contribution in [0.4, 0.5) is 11.4 Å². The molecule has 0 spiro atoms. The van der Waals surface area contributed by atoms with Crippen molar-refractivity contribution in [1.29, 1.82) is 0 Å². The van der Waals surface area contributed by atoms with E-state index in [1.165, 1.54) is 19.2 Å². The SMILES string of the molecule is Cc1cccc(N(C)S(=O)(=O)c2c(N)cc(Cl)cc2Cl)c1. The van der Waals surface area contributed by atoms with Crippen LogP contribution >= 0.6 is 23.2 Å². The first-order valence-corrected chi connectivity index (χ1v) is 8.23. The molecule has 112 valence electrons. The van der Waals surface area contributed by atoms with E-state index in [0.29, 0.717) is 5.69 Å². The van der Waals surface area contributed by atoms with E-state index in [1.807, 2.05) is 13.0 Å². The largest absolute Gasteiger partial charge is 0.398 e. The van der Waals surface area contributed by atoms with Gasteiger partial charge < -0.3 is 5.73 Å². The lowest BCUT2D eigenvalue weighted by atomic mass is 10.2. The third-order valence-electron chi connectivity index (χ3n) is 3.02. The van der Waals surface area contributed by atoms with Crippen molar-refractivity contribution in [2.24, 2.45) is 0 Å². The lowest BCUT2D eigenvalue weighted by Gasteiger charge is -2.21. The van der Waals surface area contributed by atoms with Gasteiger partial charge in [-0.1, -0.05) is 35.3 Å². The van der Waals surface area contributed by atoms with Gasteiger partial charge in [0.15, 0.2) is 0 Å². The summed E-state index contributed by atoms with van der Waals surface area (Å²) in [4.78, 5) is -0.141. The summed E-state index contributed by atoms with van der Waals surface area (Å²) in [6.07, 6.45) is 0. The highest BCUT2D eigenvalue weighted by atomic mass is 35.5. The van der Waals surface area contributed by atoms with Crippen molar-refractivity contribution >= 4 is 44.6 Å². The molecule has 2 aromatic carbocycles. The highest BCUT2D eigenvalue weighted by Gasteiger charge is 2.27. The Bertz CT molecular complexity index is 768. The van der Waals surface area contributed by atoms with Gasteiger partial charge in [0.2, 0.25) is 0 Å². The molecule has 4 nitrogen and oxygen atoms in total. The molecule has 0 atom stereocenters. The second kappa shape index (κ2) is 5.75. The third kappa shape index (κ3) is 3.10. The van der Waals surface area contributed by atoms with Gasteiger partial charge in [-0.05, 0) is 36.8 Å². The van der Waals surface area contributed by atoms with Gasteiger partial charge in [-0.15, -0.1) is 0 Å². The summed E-state index contributed by atoms with van der Waals surface area (Å²) in [5, 5.41) is 0.286. The Morgan fingerprint density at radius 2 is 1.81 bits per heavy atom. The van der Waals surface area contributed by atoms with Crippen LogP contribution in [0.5, 0.6) is 0 Å². The van der Waals surface area contributed by atoms with Crippen LogP contribution in [0.1, 0.15) is 5.56 Å². The number of benzene rings is 2. The fraction of sp³-hybridized carbons (Fsp3) is 0.143. The summed E-state index contributed by atoms with van der Waals surface area (Å²) in [6.45, 7) is 1.88. The summed E-state index contributed by atoms with van der Waals surface area (Å²) in [5.74, 6) is 0. The number of halogens is 2. The maximum atomic E-state index is 12.7. The normalized spacial score (nSPS) is 11.4. The Kier molecular flexibility index (Phi) is 4.37. The Morgan fingerprint density at radius 1 is 1.14 bits per heavy atom. The second-order valence-electron chi connectivity index (χ2n) is 4.62. The molecule has 2 rings (SSSR count). The predicted molar refractivity (Wildman–Crippen MR) is 87.6 cm³/mol. The van der Waals surface area contributed by atoms with Gasteiger partial charge in [-0.25, -0.2) is 8.42 Å². The fourth-order valence-electron chi connectivity index (χ4n) is 1.95. The lowest BCUT2D eigenvalue weighted by molar-refractivity contribution is 0.595. The third-order valence-corrected chi connectivity index (χ3v) is 5.55. The Hall–Kier alpha value is -1.43. The molecule has 2 aromatic rings. The molecule has 0 heterocycles. The highest BCUT2D eigenvalue weighted by molar-refractivity contribution is 7.93. The Labute approximate surface area is 134 Å². The number of aryl methyl sites for hydroxylation is 1. The molecule has 21 heavy (non-hydrogen) atoms. The molecule has 0 aromatic heterocycles. The zero-order chi connectivity index (χ0) is 15.8. The summed E-state index contributed by atoms with van der Waals surface area (Å²) >= 11 is 11.8. The van der Waals surface area contributed by atoms with Gasteiger partial charge in [-0.3, -0.25) is 4.31 Å². The number of nitrogens with zero attached hydrogens (tertiary/aromatic N) is 1. The number of sulfonamides is 1. The molecule has 0 aliphatic rings. The van der Waals surface area contributed by atoms with Gasteiger partial charge in [0.1, 0.15) is 4.90 Å². The smallest absolute Gasteiger partial charge is 0.267 e. The van der Waals surface area contributed by atoms with Crippen molar-refractivity contribution in [1.82, 2.24) is 0 Å². The molecule has 0 radical (unpaired) electrons. The van der Waals surface area contributed by atoms with Crippen molar-refractivity contribution in [3.05, 3.63) is 52.0 Å². The quantitative estimate of drug-likeness (QED) is 0.863. The molecular formula is C14H14Cl2N2O2S. The number of rotatable bonds is 3. The van der Waals surface area contributed by atoms with Crippen molar-refractivity contribution < 1.29 is 8.42 Å². The minimum absolute atomic E-state index is 0.000460. The molecule has 0 fully saturated rings. The van der Waals surface area contributed by atoms with Gasteiger partial charge >= 0.3 is 0 Å². The lowest BCUT2D eigenvalue weighted by Crippen LogP contribution is -2.27. The zero-order valence-electron chi connectivity index (χ0n) is 11.5. The summed E-state index contributed by atoms with van der Waals surface area (Å²) < 4.78 is 26.6. The van der Waals surface area contributed by atoms with Gasteiger partial charge in [-0.2, -0.15) is 0 Å². The van der Waals surface area contributed by atoms with Crippen LogP contribution in [0.15, 0.2) is 41.3 Å². The van der Waals surface area contributed by atoms with Crippen LogP contribution in [0, 0.1) is 6.92 Å². The molecule has 0 saturated carbocycles. The Morgan fingerprint density at radius 3 is 2.38 bits per heavy atom. The number of hydrogen-bond acceptors (Lipinski definition) is 3. The number of hydrogen-bond donors (Lipinski definition) is 1. The Balaban J connectivity index is 2.57. The van der Waals surface area contributed by atoms with E-state index in [1.54, 1.807) is 18.2 Å². The first-order chi connectivity index (χ1) is 9.73. The summed E-state index contributed by atoms with van der Waals surface area (Å²) in [6, 6.07) is 9.85. The van der Waals surface area contributed by atoms with Crippen LogP contribution in [0.2, 0.25) is 10.0 Å². The minimum Gasteiger partial charge on any atom is -0.398 e. The first kappa shape index (κ1) is 15.9. The zero-order valence-corrected chi connectivity index (χ0v) is 13.8. The van der Waals surface area contributed by atoms with Crippen LogP contribution in [0.3, 0.4) is 0 Å². The van der Waals surface area contributed by atoms with Crippen LogP contribution < -0.4 is 10.0 Å². The molecule has 0 unspecified atom stereocenters. The average Bonchev–Trinajstić information content (AvgIpc) is 2.36. The van der Waals surface area contributed by atoms with E-state index < -0.39 is 10.0 Å². The monoisotopic (exact) mass is 344 g/mol. The van der Waals surface area contributed by atoms with E-state index in [4.69, 9.17) is 28.9 Å². The molecule has 0 saturated heterocycles. The van der Waals surface area contributed by atoms with E-state index in [0.717, 1.165) is 9.87 Å². The number of nitrogen functional groups attached to an aromatic ring is 1. The maximum absolute atomic E-state index is 12.7. The minimum atomic E-state index is -3.87. The number of nitrogens with two attached hydrogens (primary N) is 1. The summed E-state index contributed by atoms with van der Waals surface area (Å²) in [7, 11) is -2.42. The maximum Gasteiger partial charge on any atom is 0.267 e. The molecule has 0 aliphatic carbocycles. The van der Waals surface area contributed by atoms with E-state index in [9.17, 15) is 8.42 Å². The second-order valence-corrected chi connectivity index (χ2v) is 7.37. The average molecular weight is 345 g/mol. The molecule has 7 heteroatoms. The molecule has 0 amide bonds. The van der Waals surface area contributed by atoms with Crippen LogP contribution in [-0.2, 0) is 10.0 Å². The van der Waals surface area contributed by atoms with E-state index in [-0.39, 0.29) is 20.6 Å². The van der Waals surface area contributed by atoms with Crippen LogP contribution in [-0.4, -0.2) is 15.5 Å².